The second-order valence-electron chi connectivity index (χ2n) is 8.60. The van der Waals surface area contributed by atoms with Crippen LogP contribution in [-0.2, 0) is 11.2 Å². The zero-order valence-electron chi connectivity index (χ0n) is 18.2. The highest BCUT2D eigenvalue weighted by atomic mass is 16.1. The molecule has 1 fully saturated rings. The van der Waals surface area contributed by atoms with Gasteiger partial charge in [0, 0.05) is 11.9 Å². The smallest absolute Gasteiger partial charge is 0.228 e. The van der Waals surface area contributed by atoms with Crippen molar-refractivity contribution in [2.75, 3.05) is 25.5 Å². The van der Waals surface area contributed by atoms with E-state index in [4.69, 9.17) is 0 Å². The van der Waals surface area contributed by atoms with Crippen molar-refractivity contribution >= 4 is 17.2 Å². The average molecular weight is 426 g/mol. The normalized spacial score (nSPS) is 15.2. The first-order valence-corrected chi connectivity index (χ1v) is 11.1. The van der Waals surface area contributed by atoms with Crippen LogP contribution in [0.4, 0.5) is 5.69 Å². The highest BCUT2D eigenvalue weighted by molar-refractivity contribution is 5.92. The van der Waals surface area contributed by atoms with Crippen molar-refractivity contribution in [1.82, 2.24) is 19.5 Å². The lowest BCUT2D eigenvalue weighted by Gasteiger charge is -2.29. The van der Waals surface area contributed by atoms with Gasteiger partial charge in [-0.1, -0.05) is 36.4 Å². The van der Waals surface area contributed by atoms with Gasteiger partial charge in [0.15, 0.2) is 5.65 Å². The molecule has 0 aliphatic carbocycles. The van der Waals surface area contributed by atoms with E-state index in [-0.39, 0.29) is 5.91 Å². The fourth-order valence-electron chi connectivity index (χ4n) is 4.38. The Hall–Kier alpha value is -3.51. The number of fused-ring (bicyclic) bond motifs is 1. The third kappa shape index (κ3) is 4.55. The van der Waals surface area contributed by atoms with Crippen LogP contribution in [0.2, 0.25) is 0 Å². The summed E-state index contributed by atoms with van der Waals surface area (Å²) in [7, 11) is 2.18. The molecule has 0 unspecified atom stereocenters. The predicted octanol–water partition coefficient (Wildman–Crippen LogP) is 4.39. The summed E-state index contributed by atoms with van der Waals surface area (Å²) in [4.78, 5) is 19.2. The number of rotatable bonds is 5. The molecule has 1 amide bonds. The Labute approximate surface area is 187 Å². The monoisotopic (exact) mass is 425 g/mol. The molecule has 0 atom stereocenters. The van der Waals surface area contributed by atoms with Crippen molar-refractivity contribution in [2.45, 2.75) is 25.2 Å². The first-order valence-electron chi connectivity index (χ1n) is 11.1. The molecule has 2 aromatic heterocycles. The topological polar surface area (TPSA) is 62.5 Å². The zero-order chi connectivity index (χ0) is 21.9. The molecule has 1 N–H and O–H groups in total. The van der Waals surface area contributed by atoms with Crippen molar-refractivity contribution < 1.29 is 4.79 Å². The van der Waals surface area contributed by atoms with Crippen molar-refractivity contribution in [3.63, 3.8) is 0 Å². The number of hydrogen-bond donors (Lipinski definition) is 1. The number of benzene rings is 2. The maximum Gasteiger partial charge on any atom is 0.228 e. The maximum absolute atomic E-state index is 12.5. The number of carbonyl (C=O) groups is 1. The van der Waals surface area contributed by atoms with E-state index < -0.39 is 0 Å². The van der Waals surface area contributed by atoms with E-state index >= 15 is 0 Å². The summed E-state index contributed by atoms with van der Waals surface area (Å²) < 4.78 is 1.74. The lowest BCUT2D eigenvalue weighted by Crippen LogP contribution is -2.29. The third-order valence-electron chi connectivity index (χ3n) is 6.32. The van der Waals surface area contributed by atoms with E-state index in [1.54, 1.807) is 10.8 Å². The van der Waals surface area contributed by atoms with Crippen LogP contribution < -0.4 is 5.32 Å². The Kier molecular flexibility index (Phi) is 5.69. The molecule has 0 saturated carbocycles. The molecule has 162 valence electrons. The van der Waals surface area contributed by atoms with Gasteiger partial charge in [0.2, 0.25) is 5.91 Å². The first-order chi connectivity index (χ1) is 15.6. The van der Waals surface area contributed by atoms with E-state index in [1.165, 1.54) is 18.4 Å². The minimum Gasteiger partial charge on any atom is -0.326 e. The van der Waals surface area contributed by atoms with Crippen molar-refractivity contribution in [3.05, 3.63) is 84.3 Å². The Balaban J connectivity index is 1.18. The summed E-state index contributed by atoms with van der Waals surface area (Å²) in [5, 5.41) is 7.15. The summed E-state index contributed by atoms with van der Waals surface area (Å²) in [6.45, 7) is 2.30. The Morgan fingerprint density at radius 2 is 1.75 bits per heavy atom. The number of nitrogens with one attached hydrogen (secondary N) is 1. The number of anilines is 1. The van der Waals surface area contributed by atoms with Crippen LogP contribution in [0, 0.1) is 0 Å². The number of piperidine rings is 1. The fraction of sp³-hybridized carbons (Fsp3) is 0.269. The molecule has 0 bridgehead atoms. The molecular formula is C26H27N5O. The van der Waals surface area contributed by atoms with Crippen molar-refractivity contribution in [3.8, 4) is 11.1 Å². The summed E-state index contributed by atoms with van der Waals surface area (Å²) in [6.07, 6.45) is 6.19. The second-order valence-corrected chi connectivity index (χ2v) is 8.60. The molecule has 1 aliphatic rings. The molecule has 2 aromatic carbocycles. The van der Waals surface area contributed by atoms with E-state index in [0.717, 1.165) is 41.1 Å². The molecule has 0 spiro atoms. The molecule has 0 radical (unpaired) electrons. The summed E-state index contributed by atoms with van der Waals surface area (Å²) in [5.74, 6) is 0.620. The van der Waals surface area contributed by atoms with Crippen LogP contribution in [0.3, 0.4) is 0 Å². The Morgan fingerprint density at radius 1 is 1.00 bits per heavy atom. The van der Waals surface area contributed by atoms with Crippen LogP contribution >= 0.6 is 0 Å². The highest BCUT2D eigenvalue weighted by Crippen LogP contribution is 2.28. The van der Waals surface area contributed by atoms with Gasteiger partial charge in [-0.25, -0.2) is 9.50 Å². The minimum absolute atomic E-state index is 0.00493. The predicted molar refractivity (Wildman–Crippen MR) is 127 cm³/mol. The molecule has 6 heteroatoms. The lowest BCUT2D eigenvalue weighted by atomic mass is 9.89. The summed E-state index contributed by atoms with van der Waals surface area (Å²) in [6, 6.07) is 20.5. The van der Waals surface area contributed by atoms with Crippen LogP contribution in [0.15, 0.2) is 73.2 Å². The van der Waals surface area contributed by atoms with Gasteiger partial charge in [-0.2, -0.15) is 5.10 Å². The largest absolute Gasteiger partial charge is 0.326 e. The SMILES string of the molecule is CN1CCC(c2ccc(NC(=O)Cc3ccc(-c4ccn5ncnc5c4)cc3)cc2)CC1. The van der Waals surface area contributed by atoms with Crippen LogP contribution in [0.25, 0.3) is 16.8 Å². The number of amides is 1. The first kappa shape index (κ1) is 20.4. The lowest BCUT2D eigenvalue weighted by molar-refractivity contribution is -0.115. The average Bonchev–Trinajstić information content (AvgIpc) is 3.29. The third-order valence-corrected chi connectivity index (χ3v) is 6.32. The summed E-state index contributed by atoms with van der Waals surface area (Å²) in [5.41, 5.74) is 6.18. The number of aromatic nitrogens is 3. The number of hydrogen-bond acceptors (Lipinski definition) is 4. The Morgan fingerprint density at radius 3 is 2.50 bits per heavy atom. The van der Waals surface area contributed by atoms with E-state index in [2.05, 4.69) is 39.5 Å². The number of likely N-dealkylation sites (tertiary alicyclic amines) is 1. The standard InChI is InChI=1S/C26H27N5O/c1-30-13-10-22(11-14-30)20-6-8-24(9-7-20)29-26(32)16-19-2-4-21(5-3-19)23-12-15-31-25(17-23)27-18-28-31/h2-9,12,15,17-18,22H,10-11,13-14,16H2,1H3,(H,29,32). The van der Waals surface area contributed by atoms with Gasteiger partial charge in [0.25, 0.3) is 0 Å². The van der Waals surface area contributed by atoms with Crippen LogP contribution in [0.1, 0.15) is 29.9 Å². The zero-order valence-corrected chi connectivity index (χ0v) is 18.2. The van der Waals surface area contributed by atoms with Gasteiger partial charge in [-0.15, -0.1) is 0 Å². The summed E-state index contributed by atoms with van der Waals surface area (Å²) >= 11 is 0. The molecule has 32 heavy (non-hydrogen) atoms. The van der Waals surface area contributed by atoms with Gasteiger partial charge < -0.3 is 10.2 Å². The molecule has 1 aliphatic heterocycles. The van der Waals surface area contributed by atoms with Crippen LogP contribution in [0.5, 0.6) is 0 Å². The van der Waals surface area contributed by atoms with E-state index in [0.29, 0.717) is 12.3 Å². The molecular weight excluding hydrogens is 398 g/mol. The highest BCUT2D eigenvalue weighted by Gasteiger charge is 2.18. The van der Waals surface area contributed by atoms with Gasteiger partial charge >= 0.3 is 0 Å². The number of nitrogens with zero attached hydrogens (tertiary/aromatic N) is 4. The van der Waals surface area contributed by atoms with Crippen molar-refractivity contribution in [2.24, 2.45) is 0 Å². The van der Waals surface area contributed by atoms with E-state index in [9.17, 15) is 4.79 Å². The molecule has 3 heterocycles. The minimum atomic E-state index is -0.00493. The van der Waals surface area contributed by atoms with Gasteiger partial charge in [-0.3, -0.25) is 4.79 Å². The molecule has 5 rings (SSSR count). The quantitative estimate of drug-likeness (QED) is 0.515. The van der Waals surface area contributed by atoms with Crippen LogP contribution in [-0.4, -0.2) is 45.5 Å². The second kappa shape index (κ2) is 8.93. The fourth-order valence-corrected chi connectivity index (χ4v) is 4.38. The van der Waals surface area contributed by atoms with Gasteiger partial charge in [0.1, 0.15) is 6.33 Å². The maximum atomic E-state index is 12.5. The van der Waals surface area contributed by atoms with E-state index in [1.807, 2.05) is 54.7 Å². The Bertz CT molecular complexity index is 1210. The number of carbonyl (C=O) groups excluding carboxylic acids is 1. The number of pyridine rings is 1. The molecule has 4 aromatic rings. The van der Waals surface area contributed by atoms with Crippen molar-refractivity contribution in [1.29, 1.82) is 0 Å². The van der Waals surface area contributed by atoms with Gasteiger partial charge in [-0.05, 0) is 85.4 Å². The molecule has 6 nitrogen and oxygen atoms in total. The molecule has 1 saturated heterocycles. The van der Waals surface area contributed by atoms with Gasteiger partial charge in [0.05, 0.1) is 6.42 Å².